The van der Waals surface area contributed by atoms with Gasteiger partial charge >= 0.3 is 0 Å². The number of hydrogen-bond donors (Lipinski definition) is 1. The minimum atomic E-state index is -0.129. The van der Waals surface area contributed by atoms with Crippen LogP contribution < -0.4 is 5.32 Å². The second-order valence-electron chi connectivity index (χ2n) is 7.83. The van der Waals surface area contributed by atoms with Crippen molar-refractivity contribution in [2.45, 2.75) is 38.8 Å². The van der Waals surface area contributed by atoms with Gasteiger partial charge in [-0.3, -0.25) is 9.69 Å². The molecule has 30 heavy (non-hydrogen) atoms. The number of rotatable bonds is 7. The van der Waals surface area contributed by atoms with Gasteiger partial charge in [0.15, 0.2) is 0 Å². The number of amides is 1. The van der Waals surface area contributed by atoms with Gasteiger partial charge in [0.05, 0.1) is 17.3 Å². The number of carbonyl (C=O) groups is 1. The number of likely N-dealkylation sites (tertiary alicyclic amines) is 1. The quantitative estimate of drug-likeness (QED) is 0.649. The molecule has 1 N–H and O–H groups in total. The van der Waals surface area contributed by atoms with Crippen LogP contribution >= 0.6 is 0 Å². The molecule has 4 rings (SSSR count). The van der Waals surface area contributed by atoms with Crippen molar-refractivity contribution < 1.29 is 4.79 Å². The Bertz CT molecular complexity index is 975. The minimum Gasteiger partial charge on any atom is -0.348 e. The molecule has 0 radical (unpaired) electrons. The van der Waals surface area contributed by atoms with E-state index >= 15 is 0 Å². The van der Waals surface area contributed by atoms with E-state index in [4.69, 9.17) is 4.98 Å². The maximum absolute atomic E-state index is 12.6. The highest BCUT2D eigenvalue weighted by molar-refractivity contribution is 5.94. The molecular weight excluding hydrogens is 372 g/mol. The molecule has 5 nitrogen and oxygen atoms in total. The van der Waals surface area contributed by atoms with Gasteiger partial charge in [-0.1, -0.05) is 60.7 Å². The van der Waals surface area contributed by atoms with Crippen LogP contribution in [0.5, 0.6) is 0 Å². The van der Waals surface area contributed by atoms with Crippen LogP contribution in [0.15, 0.2) is 66.9 Å². The Kier molecular flexibility index (Phi) is 6.50. The topological polar surface area (TPSA) is 58.1 Å². The first-order chi connectivity index (χ1) is 14.7. The molecule has 1 aromatic heterocycles. The standard InChI is InChI=1S/C25H28N4O/c1-19-22(25(30)27-17-21-11-6-3-7-12-21)18-26-24(28-19)23-13-8-15-29(23)16-14-20-9-4-2-5-10-20/h2-7,9-12,18,23H,8,13-17H2,1H3,(H,27,30). The molecule has 0 bridgehead atoms. The molecule has 1 amide bonds. The zero-order chi connectivity index (χ0) is 20.8. The van der Waals surface area contributed by atoms with Gasteiger partial charge in [-0.2, -0.15) is 0 Å². The molecule has 1 aliphatic heterocycles. The van der Waals surface area contributed by atoms with Crippen LogP contribution in [0.4, 0.5) is 0 Å². The minimum absolute atomic E-state index is 0.129. The normalized spacial score (nSPS) is 16.5. The summed E-state index contributed by atoms with van der Waals surface area (Å²) in [5, 5.41) is 2.96. The molecule has 0 spiro atoms. The monoisotopic (exact) mass is 400 g/mol. The molecule has 2 heterocycles. The first-order valence-corrected chi connectivity index (χ1v) is 10.6. The van der Waals surface area contributed by atoms with Crippen LogP contribution in [-0.4, -0.2) is 33.9 Å². The van der Waals surface area contributed by atoms with E-state index in [2.05, 4.69) is 45.5 Å². The van der Waals surface area contributed by atoms with Gasteiger partial charge in [0.25, 0.3) is 5.91 Å². The number of benzene rings is 2. The van der Waals surface area contributed by atoms with Gasteiger partial charge in [-0.25, -0.2) is 9.97 Å². The van der Waals surface area contributed by atoms with Crippen molar-refractivity contribution in [2.75, 3.05) is 13.1 Å². The van der Waals surface area contributed by atoms with E-state index in [-0.39, 0.29) is 11.9 Å². The van der Waals surface area contributed by atoms with Gasteiger partial charge in [0.2, 0.25) is 0 Å². The highest BCUT2D eigenvalue weighted by Crippen LogP contribution is 2.30. The van der Waals surface area contributed by atoms with E-state index in [0.717, 1.165) is 49.4 Å². The fourth-order valence-electron chi connectivity index (χ4n) is 4.05. The highest BCUT2D eigenvalue weighted by atomic mass is 16.1. The van der Waals surface area contributed by atoms with Crippen molar-refractivity contribution in [3.63, 3.8) is 0 Å². The van der Waals surface area contributed by atoms with Crippen LogP contribution in [0, 0.1) is 6.92 Å². The summed E-state index contributed by atoms with van der Waals surface area (Å²) in [4.78, 5) is 24.4. The van der Waals surface area contributed by atoms with Crippen LogP contribution in [0.3, 0.4) is 0 Å². The average molecular weight is 401 g/mol. The number of aromatic nitrogens is 2. The molecule has 2 aromatic carbocycles. The van der Waals surface area contributed by atoms with Crippen LogP contribution in [-0.2, 0) is 13.0 Å². The molecule has 0 aliphatic carbocycles. The third-order valence-electron chi connectivity index (χ3n) is 5.73. The molecule has 1 fully saturated rings. The fourth-order valence-corrected chi connectivity index (χ4v) is 4.05. The molecule has 0 saturated carbocycles. The van der Waals surface area contributed by atoms with E-state index in [1.165, 1.54) is 5.56 Å². The smallest absolute Gasteiger partial charge is 0.254 e. The maximum Gasteiger partial charge on any atom is 0.254 e. The first-order valence-electron chi connectivity index (χ1n) is 10.6. The molecule has 1 saturated heterocycles. The Morgan fingerprint density at radius 3 is 2.47 bits per heavy atom. The summed E-state index contributed by atoms with van der Waals surface area (Å²) >= 11 is 0. The maximum atomic E-state index is 12.6. The Morgan fingerprint density at radius 1 is 1.07 bits per heavy atom. The second-order valence-corrected chi connectivity index (χ2v) is 7.83. The molecule has 1 aliphatic rings. The zero-order valence-corrected chi connectivity index (χ0v) is 17.4. The number of carbonyl (C=O) groups excluding carboxylic acids is 1. The van der Waals surface area contributed by atoms with Crippen LogP contribution in [0.2, 0.25) is 0 Å². The Morgan fingerprint density at radius 2 is 1.77 bits per heavy atom. The molecule has 5 heteroatoms. The van der Waals surface area contributed by atoms with Gasteiger partial charge in [0, 0.05) is 19.3 Å². The van der Waals surface area contributed by atoms with Crippen LogP contribution in [0.25, 0.3) is 0 Å². The molecule has 1 atom stereocenters. The summed E-state index contributed by atoms with van der Waals surface area (Å²) in [5.41, 5.74) is 3.70. The predicted octanol–water partition coefficient (Wildman–Crippen LogP) is 4.09. The molecule has 1 unspecified atom stereocenters. The first kappa shape index (κ1) is 20.2. The fraction of sp³-hybridized carbons (Fsp3) is 0.320. The summed E-state index contributed by atoms with van der Waals surface area (Å²) in [5.74, 6) is 0.702. The third kappa shape index (κ3) is 4.92. The predicted molar refractivity (Wildman–Crippen MR) is 118 cm³/mol. The summed E-state index contributed by atoms with van der Waals surface area (Å²) in [7, 11) is 0. The largest absolute Gasteiger partial charge is 0.348 e. The van der Waals surface area contributed by atoms with Crippen molar-refractivity contribution >= 4 is 5.91 Å². The van der Waals surface area contributed by atoms with Crippen molar-refractivity contribution in [3.8, 4) is 0 Å². The lowest BCUT2D eigenvalue weighted by molar-refractivity contribution is 0.0949. The van der Waals surface area contributed by atoms with Crippen molar-refractivity contribution in [1.29, 1.82) is 0 Å². The number of hydrogen-bond acceptors (Lipinski definition) is 4. The Labute approximate surface area is 178 Å². The summed E-state index contributed by atoms with van der Waals surface area (Å²) in [6, 6.07) is 20.7. The number of nitrogens with one attached hydrogen (secondary N) is 1. The zero-order valence-electron chi connectivity index (χ0n) is 17.4. The van der Waals surface area contributed by atoms with E-state index < -0.39 is 0 Å². The number of aryl methyl sites for hydroxylation is 1. The lowest BCUT2D eigenvalue weighted by Crippen LogP contribution is -2.28. The van der Waals surface area contributed by atoms with Gasteiger partial charge in [-0.15, -0.1) is 0 Å². The lowest BCUT2D eigenvalue weighted by atomic mass is 10.1. The van der Waals surface area contributed by atoms with Gasteiger partial charge < -0.3 is 5.32 Å². The van der Waals surface area contributed by atoms with Crippen molar-refractivity contribution in [1.82, 2.24) is 20.2 Å². The highest BCUT2D eigenvalue weighted by Gasteiger charge is 2.28. The molecule has 3 aromatic rings. The molecule has 154 valence electrons. The summed E-state index contributed by atoms with van der Waals surface area (Å²) in [6.45, 7) is 4.46. The number of nitrogens with zero attached hydrogens (tertiary/aromatic N) is 3. The van der Waals surface area contributed by atoms with E-state index in [0.29, 0.717) is 12.1 Å². The SMILES string of the molecule is Cc1nc(C2CCCN2CCc2ccccc2)ncc1C(=O)NCc1ccccc1. The lowest BCUT2D eigenvalue weighted by Gasteiger charge is -2.23. The van der Waals surface area contributed by atoms with E-state index in [1.807, 2.05) is 37.3 Å². The van der Waals surface area contributed by atoms with Crippen molar-refractivity contribution in [3.05, 3.63) is 95.1 Å². The summed E-state index contributed by atoms with van der Waals surface area (Å²) in [6.07, 6.45) is 4.93. The van der Waals surface area contributed by atoms with E-state index in [1.54, 1.807) is 6.20 Å². The average Bonchev–Trinajstić information content (AvgIpc) is 3.26. The van der Waals surface area contributed by atoms with Gasteiger partial charge in [0.1, 0.15) is 5.82 Å². The summed E-state index contributed by atoms with van der Waals surface area (Å²) < 4.78 is 0. The van der Waals surface area contributed by atoms with Crippen LogP contribution in [0.1, 0.15) is 51.9 Å². The second kappa shape index (κ2) is 9.63. The van der Waals surface area contributed by atoms with Gasteiger partial charge in [-0.05, 0) is 43.9 Å². The molecular formula is C25H28N4O. The third-order valence-corrected chi connectivity index (χ3v) is 5.73. The Hall–Kier alpha value is -3.05. The van der Waals surface area contributed by atoms with E-state index in [9.17, 15) is 4.79 Å². The van der Waals surface area contributed by atoms with Crippen molar-refractivity contribution in [2.24, 2.45) is 0 Å². The Balaban J connectivity index is 1.39.